The van der Waals surface area contributed by atoms with Gasteiger partial charge < -0.3 is 4.74 Å². The first kappa shape index (κ1) is 20.0. The van der Waals surface area contributed by atoms with Gasteiger partial charge in [-0.3, -0.25) is 10.1 Å². The highest BCUT2D eigenvalue weighted by Crippen LogP contribution is 2.32. The Morgan fingerprint density at radius 3 is 2.64 bits per heavy atom. The summed E-state index contributed by atoms with van der Waals surface area (Å²) in [7, 11) is -4.16. The van der Waals surface area contributed by atoms with E-state index >= 15 is 0 Å². The third kappa shape index (κ3) is 4.07. The molecule has 0 amide bonds. The average Bonchev–Trinajstić information content (AvgIpc) is 3.10. The van der Waals surface area contributed by atoms with Crippen LogP contribution in [0.5, 0.6) is 5.88 Å². The van der Waals surface area contributed by atoms with Crippen LogP contribution < -0.4 is 4.74 Å². The van der Waals surface area contributed by atoms with Crippen molar-refractivity contribution in [2.24, 2.45) is 0 Å². The molecule has 0 radical (unpaired) electrons. The predicted octanol–water partition coefficient (Wildman–Crippen LogP) is 2.85. The second-order valence-electron chi connectivity index (χ2n) is 6.00. The molecule has 1 aromatic carbocycles. The lowest BCUT2D eigenvalue weighted by atomic mass is 10.2. The van der Waals surface area contributed by atoms with Crippen molar-refractivity contribution in [2.75, 3.05) is 13.1 Å². The largest absolute Gasteiger partial charge is 0.473 e. The molecule has 0 N–H and O–H groups in total. The molecule has 2 heterocycles. The van der Waals surface area contributed by atoms with E-state index in [-0.39, 0.29) is 25.4 Å². The van der Waals surface area contributed by atoms with Gasteiger partial charge in [-0.15, -0.1) is 0 Å². The summed E-state index contributed by atoms with van der Waals surface area (Å²) in [6.07, 6.45) is -4.13. The van der Waals surface area contributed by atoms with Crippen molar-refractivity contribution in [3.8, 4) is 5.88 Å². The van der Waals surface area contributed by atoms with Gasteiger partial charge in [0.15, 0.2) is 4.90 Å². The van der Waals surface area contributed by atoms with Crippen molar-refractivity contribution < 1.29 is 31.2 Å². The number of sulfonamides is 1. The third-order valence-electron chi connectivity index (χ3n) is 4.14. The minimum atomic E-state index is -4.56. The summed E-state index contributed by atoms with van der Waals surface area (Å²) in [6, 6.07) is 6.48. The van der Waals surface area contributed by atoms with Crippen LogP contribution in [0.25, 0.3) is 0 Å². The Morgan fingerprint density at radius 2 is 1.96 bits per heavy atom. The number of aromatic nitrogens is 1. The number of benzene rings is 1. The number of nitro benzene ring substituents is 1. The van der Waals surface area contributed by atoms with Gasteiger partial charge in [0, 0.05) is 24.9 Å². The number of rotatable bonds is 5. The van der Waals surface area contributed by atoms with Crippen molar-refractivity contribution in [2.45, 2.75) is 23.6 Å². The molecular formula is C16H14F3N3O5S. The van der Waals surface area contributed by atoms with Crippen LogP contribution in [-0.2, 0) is 16.2 Å². The molecule has 0 bridgehead atoms. The number of ether oxygens (including phenoxy) is 1. The number of nitrogens with zero attached hydrogens (tertiary/aromatic N) is 3. The molecule has 1 aromatic heterocycles. The van der Waals surface area contributed by atoms with Crippen LogP contribution in [0.2, 0.25) is 0 Å². The highest BCUT2D eigenvalue weighted by Gasteiger charge is 2.37. The first-order chi connectivity index (χ1) is 13.1. The van der Waals surface area contributed by atoms with Gasteiger partial charge in [0.2, 0.25) is 15.9 Å². The fraction of sp³-hybridized carbons (Fsp3) is 0.312. The van der Waals surface area contributed by atoms with Crippen LogP contribution in [0, 0.1) is 10.1 Å². The number of pyridine rings is 1. The van der Waals surface area contributed by atoms with Crippen molar-refractivity contribution in [3.63, 3.8) is 0 Å². The maximum absolute atomic E-state index is 12.8. The van der Waals surface area contributed by atoms with Gasteiger partial charge in [0.05, 0.1) is 17.0 Å². The number of nitro groups is 1. The highest BCUT2D eigenvalue weighted by atomic mass is 32.2. The van der Waals surface area contributed by atoms with E-state index in [2.05, 4.69) is 4.98 Å². The Balaban J connectivity index is 1.76. The number of para-hydroxylation sites is 1. The van der Waals surface area contributed by atoms with E-state index in [9.17, 15) is 31.7 Å². The average molecular weight is 417 g/mol. The second kappa shape index (κ2) is 7.36. The van der Waals surface area contributed by atoms with Crippen LogP contribution in [0.4, 0.5) is 18.9 Å². The van der Waals surface area contributed by atoms with Gasteiger partial charge in [-0.05, 0) is 18.6 Å². The zero-order chi connectivity index (χ0) is 20.5. The summed E-state index contributed by atoms with van der Waals surface area (Å²) >= 11 is 0. The molecule has 8 nitrogen and oxygen atoms in total. The number of alkyl halides is 3. The van der Waals surface area contributed by atoms with Crippen molar-refractivity contribution in [1.82, 2.24) is 9.29 Å². The fourth-order valence-electron chi connectivity index (χ4n) is 2.80. The molecule has 2 aromatic rings. The monoisotopic (exact) mass is 417 g/mol. The SMILES string of the molecule is O=[N+]([O-])c1ccccc1S(=O)(=O)N1CCC(Oc2cc(C(F)(F)F)ccn2)C1. The summed E-state index contributed by atoms with van der Waals surface area (Å²) in [5, 5.41) is 11.1. The van der Waals surface area contributed by atoms with Crippen LogP contribution in [0.1, 0.15) is 12.0 Å². The van der Waals surface area contributed by atoms with Crippen molar-refractivity contribution in [3.05, 3.63) is 58.3 Å². The summed E-state index contributed by atoms with van der Waals surface area (Å²) in [6.45, 7) is -0.148. The molecule has 0 spiro atoms. The van der Waals surface area contributed by atoms with E-state index < -0.39 is 43.4 Å². The van der Waals surface area contributed by atoms with E-state index in [1.165, 1.54) is 12.1 Å². The zero-order valence-corrected chi connectivity index (χ0v) is 15.0. The minimum absolute atomic E-state index is 0.0119. The van der Waals surface area contributed by atoms with Gasteiger partial charge in [0.1, 0.15) is 6.10 Å². The van der Waals surface area contributed by atoms with E-state index in [4.69, 9.17) is 4.74 Å². The van der Waals surface area contributed by atoms with E-state index in [1.54, 1.807) is 0 Å². The standard InChI is InChI=1S/C16H14F3N3O5S/c17-16(18,19)11-5-7-20-15(9-11)27-12-6-8-21(10-12)28(25,26)14-4-2-1-3-13(14)22(23)24/h1-5,7,9,12H,6,8,10H2. The molecule has 1 fully saturated rings. The van der Waals surface area contributed by atoms with Gasteiger partial charge in [0.25, 0.3) is 5.69 Å². The fourth-order valence-corrected chi connectivity index (χ4v) is 4.44. The van der Waals surface area contributed by atoms with Gasteiger partial charge in [-0.1, -0.05) is 12.1 Å². The maximum Gasteiger partial charge on any atom is 0.416 e. The first-order valence-electron chi connectivity index (χ1n) is 8.02. The quantitative estimate of drug-likeness (QED) is 0.548. The Bertz CT molecular complexity index is 997. The first-order valence-corrected chi connectivity index (χ1v) is 9.46. The molecule has 1 unspecified atom stereocenters. The van der Waals surface area contributed by atoms with E-state index in [0.717, 1.165) is 34.8 Å². The summed E-state index contributed by atoms with van der Waals surface area (Å²) in [5.74, 6) is -0.273. The molecular weight excluding hydrogens is 403 g/mol. The zero-order valence-electron chi connectivity index (χ0n) is 14.2. The molecule has 12 heteroatoms. The Kier molecular flexibility index (Phi) is 5.26. The number of halogens is 3. The summed E-state index contributed by atoms with van der Waals surface area (Å²) in [4.78, 5) is 13.6. The van der Waals surface area contributed by atoms with Crippen molar-refractivity contribution >= 4 is 15.7 Å². The summed E-state index contributed by atoms with van der Waals surface area (Å²) in [5.41, 5.74) is -1.48. The van der Waals surface area contributed by atoms with Gasteiger partial charge in [-0.2, -0.15) is 17.5 Å². The summed E-state index contributed by atoms with van der Waals surface area (Å²) < 4.78 is 70.2. The smallest absolute Gasteiger partial charge is 0.416 e. The third-order valence-corrected chi connectivity index (χ3v) is 6.05. The molecule has 0 aliphatic carbocycles. The molecule has 150 valence electrons. The lowest BCUT2D eigenvalue weighted by molar-refractivity contribution is -0.387. The van der Waals surface area contributed by atoms with Crippen LogP contribution in [0.15, 0.2) is 47.5 Å². The normalized spacial score (nSPS) is 18.2. The maximum atomic E-state index is 12.8. The minimum Gasteiger partial charge on any atom is -0.473 e. The molecule has 28 heavy (non-hydrogen) atoms. The van der Waals surface area contributed by atoms with Crippen molar-refractivity contribution in [1.29, 1.82) is 0 Å². The lowest BCUT2D eigenvalue weighted by Gasteiger charge is -2.17. The van der Waals surface area contributed by atoms with Crippen LogP contribution in [-0.4, -0.2) is 41.8 Å². The Labute approximate surface area is 157 Å². The van der Waals surface area contributed by atoms with Crippen LogP contribution in [0.3, 0.4) is 0 Å². The number of hydrogen-bond donors (Lipinski definition) is 0. The van der Waals surface area contributed by atoms with E-state index in [1.807, 2.05) is 0 Å². The molecule has 0 saturated carbocycles. The number of hydrogen-bond acceptors (Lipinski definition) is 6. The molecule has 1 saturated heterocycles. The topological polar surface area (TPSA) is 103 Å². The molecule has 3 rings (SSSR count). The Hall–Kier alpha value is -2.73. The molecule has 1 atom stereocenters. The highest BCUT2D eigenvalue weighted by molar-refractivity contribution is 7.89. The molecule has 1 aliphatic heterocycles. The molecule has 1 aliphatic rings. The lowest BCUT2D eigenvalue weighted by Crippen LogP contribution is -2.31. The van der Waals surface area contributed by atoms with Gasteiger partial charge in [-0.25, -0.2) is 13.4 Å². The van der Waals surface area contributed by atoms with Gasteiger partial charge >= 0.3 is 6.18 Å². The second-order valence-corrected chi connectivity index (χ2v) is 7.90. The van der Waals surface area contributed by atoms with E-state index in [0.29, 0.717) is 0 Å². The Morgan fingerprint density at radius 1 is 1.25 bits per heavy atom. The predicted molar refractivity (Wildman–Crippen MR) is 90.1 cm³/mol. The van der Waals surface area contributed by atoms with Crippen LogP contribution >= 0.6 is 0 Å².